The summed E-state index contributed by atoms with van der Waals surface area (Å²) in [4.78, 5) is 11.9. The van der Waals surface area contributed by atoms with Crippen LogP contribution in [0.25, 0.3) is 0 Å². The number of oxime groups is 1. The van der Waals surface area contributed by atoms with E-state index < -0.39 is 11.9 Å². The Morgan fingerprint density at radius 3 is 3.05 bits per heavy atom. The third-order valence-electron chi connectivity index (χ3n) is 2.43. The van der Waals surface area contributed by atoms with Crippen LogP contribution in [0.1, 0.15) is 36.0 Å². The molecule has 0 aliphatic rings. The highest BCUT2D eigenvalue weighted by Crippen LogP contribution is 2.06. The SMILES string of the molecule is CCCC(NC(=O)c1cc(COC)on1)C(N)=NO. The van der Waals surface area contributed by atoms with Crippen LogP contribution in [0.3, 0.4) is 0 Å². The van der Waals surface area contributed by atoms with Crippen LogP contribution in [0.4, 0.5) is 0 Å². The summed E-state index contributed by atoms with van der Waals surface area (Å²) in [5.74, 6) is -0.0459. The Balaban J connectivity index is 2.70. The number of nitrogens with two attached hydrogens (primary N) is 1. The number of amidine groups is 1. The van der Waals surface area contributed by atoms with Crippen LogP contribution in [-0.2, 0) is 11.3 Å². The van der Waals surface area contributed by atoms with Crippen LogP contribution in [0.5, 0.6) is 0 Å². The number of methoxy groups -OCH3 is 1. The lowest BCUT2D eigenvalue weighted by molar-refractivity contribution is 0.0935. The summed E-state index contributed by atoms with van der Waals surface area (Å²) in [5.41, 5.74) is 5.63. The molecule has 1 aromatic rings. The number of ether oxygens (including phenoxy) is 1. The van der Waals surface area contributed by atoms with Crippen molar-refractivity contribution in [2.45, 2.75) is 32.4 Å². The number of amides is 1. The Hall–Kier alpha value is -2.09. The molecule has 0 bridgehead atoms. The highest BCUT2D eigenvalue weighted by Gasteiger charge is 2.19. The van der Waals surface area contributed by atoms with Crippen molar-refractivity contribution < 1.29 is 19.3 Å². The molecule has 4 N–H and O–H groups in total. The van der Waals surface area contributed by atoms with Gasteiger partial charge in [-0.15, -0.1) is 0 Å². The molecule has 0 aliphatic heterocycles. The molecule has 0 fully saturated rings. The Bertz CT molecular complexity index is 444. The van der Waals surface area contributed by atoms with Crippen molar-refractivity contribution in [3.05, 3.63) is 17.5 Å². The predicted molar refractivity (Wildman–Crippen MR) is 66.8 cm³/mol. The largest absolute Gasteiger partial charge is 0.409 e. The van der Waals surface area contributed by atoms with Gasteiger partial charge < -0.3 is 25.5 Å². The quantitative estimate of drug-likeness (QED) is 0.286. The highest BCUT2D eigenvalue weighted by atomic mass is 16.5. The fraction of sp³-hybridized carbons (Fsp3) is 0.545. The van der Waals surface area contributed by atoms with Gasteiger partial charge in [-0.05, 0) is 6.42 Å². The first-order valence-electron chi connectivity index (χ1n) is 5.85. The highest BCUT2D eigenvalue weighted by molar-refractivity contribution is 5.96. The van der Waals surface area contributed by atoms with Crippen LogP contribution >= 0.6 is 0 Å². The van der Waals surface area contributed by atoms with Gasteiger partial charge in [0.25, 0.3) is 5.91 Å². The van der Waals surface area contributed by atoms with Gasteiger partial charge in [-0.1, -0.05) is 23.7 Å². The first-order valence-corrected chi connectivity index (χ1v) is 5.85. The van der Waals surface area contributed by atoms with E-state index in [1.807, 2.05) is 6.92 Å². The minimum atomic E-state index is -0.537. The molecule has 1 amide bonds. The monoisotopic (exact) mass is 270 g/mol. The Labute approximate surface area is 110 Å². The molecule has 0 aromatic carbocycles. The van der Waals surface area contributed by atoms with E-state index in [1.54, 1.807) is 0 Å². The molecule has 1 atom stereocenters. The van der Waals surface area contributed by atoms with Crippen LogP contribution in [0, 0.1) is 0 Å². The molecule has 1 unspecified atom stereocenters. The van der Waals surface area contributed by atoms with E-state index >= 15 is 0 Å². The van der Waals surface area contributed by atoms with E-state index in [0.717, 1.165) is 6.42 Å². The second-order valence-electron chi connectivity index (χ2n) is 3.95. The average Bonchev–Trinajstić information content (AvgIpc) is 2.86. The number of carbonyl (C=O) groups is 1. The van der Waals surface area contributed by atoms with Gasteiger partial charge >= 0.3 is 0 Å². The lowest BCUT2D eigenvalue weighted by Gasteiger charge is -2.15. The van der Waals surface area contributed by atoms with E-state index in [4.69, 9.17) is 20.2 Å². The zero-order valence-corrected chi connectivity index (χ0v) is 10.9. The lowest BCUT2D eigenvalue weighted by atomic mass is 10.1. The van der Waals surface area contributed by atoms with Gasteiger partial charge in [0.1, 0.15) is 6.61 Å². The molecule has 8 nitrogen and oxygen atoms in total. The molecule has 106 valence electrons. The van der Waals surface area contributed by atoms with Crippen molar-refractivity contribution in [3.63, 3.8) is 0 Å². The maximum Gasteiger partial charge on any atom is 0.274 e. The zero-order valence-electron chi connectivity index (χ0n) is 10.9. The average molecular weight is 270 g/mol. The number of nitrogens with one attached hydrogen (secondary N) is 1. The Morgan fingerprint density at radius 2 is 2.47 bits per heavy atom. The second kappa shape index (κ2) is 7.37. The maximum atomic E-state index is 11.9. The minimum absolute atomic E-state index is 0.0455. The molecular weight excluding hydrogens is 252 g/mol. The fourth-order valence-electron chi connectivity index (χ4n) is 1.51. The van der Waals surface area contributed by atoms with E-state index in [-0.39, 0.29) is 18.1 Å². The van der Waals surface area contributed by atoms with Crippen LogP contribution < -0.4 is 11.1 Å². The van der Waals surface area contributed by atoms with Gasteiger partial charge in [0.2, 0.25) is 0 Å². The van der Waals surface area contributed by atoms with E-state index in [1.165, 1.54) is 13.2 Å². The predicted octanol–water partition coefficient (Wildman–Crippen LogP) is 0.466. The van der Waals surface area contributed by atoms with Gasteiger partial charge in [0.15, 0.2) is 17.3 Å². The summed E-state index contributed by atoms with van der Waals surface area (Å²) in [6.45, 7) is 2.16. The summed E-state index contributed by atoms with van der Waals surface area (Å²) >= 11 is 0. The second-order valence-corrected chi connectivity index (χ2v) is 3.95. The number of hydrogen-bond donors (Lipinski definition) is 3. The van der Waals surface area contributed by atoms with Gasteiger partial charge in [-0.3, -0.25) is 4.79 Å². The van der Waals surface area contributed by atoms with Crippen molar-refractivity contribution in [1.82, 2.24) is 10.5 Å². The molecule has 0 radical (unpaired) electrons. The van der Waals surface area contributed by atoms with Crippen LogP contribution in [0.15, 0.2) is 15.7 Å². The molecule has 0 aliphatic carbocycles. The van der Waals surface area contributed by atoms with Crippen LogP contribution in [0.2, 0.25) is 0 Å². The van der Waals surface area contributed by atoms with Crippen molar-refractivity contribution in [1.29, 1.82) is 0 Å². The van der Waals surface area contributed by atoms with Crippen LogP contribution in [-0.4, -0.2) is 35.3 Å². The Kier molecular flexibility index (Phi) is 5.80. The lowest BCUT2D eigenvalue weighted by Crippen LogP contribution is -2.44. The van der Waals surface area contributed by atoms with Gasteiger partial charge in [0, 0.05) is 13.2 Å². The molecule has 1 heterocycles. The van der Waals surface area contributed by atoms with Gasteiger partial charge in [-0.2, -0.15) is 0 Å². The summed E-state index contributed by atoms with van der Waals surface area (Å²) < 4.78 is 9.77. The molecule has 0 saturated carbocycles. The maximum absolute atomic E-state index is 11.9. The standard InChI is InChI=1S/C11H18N4O4/c1-3-4-8(10(12)14-17)13-11(16)9-5-7(6-18-2)19-15-9/h5,8,17H,3-4,6H2,1-2H3,(H2,12,14)(H,13,16). The molecular formula is C11H18N4O4. The van der Waals surface area contributed by atoms with Crippen molar-refractivity contribution in [2.75, 3.05) is 7.11 Å². The smallest absolute Gasteiger partial charge is 0.274 e. The summed E-state index contributed by atoms with van der Waals surface area (Å²) in [5, 5.41) is 17.8. The molecule has 0 spiro atoms. The summed E-state index contributed by atoms with van der Waals surface area (Å²) in [6, 6.07) is 0.943. The topological polar surface area (TPSA) is 123 Å². The van der Waals surface area contributed by atoms with Crippen molar-refractivity contribution in [2.24, 2.45) is 10.9 Å². The Morgan fingerprint density at radius 1 is 1.74 bits per heavy atom. The number of rotatable bonds is 7. The molecule has 19 heavy (non-hydrogen) atoms. The number of aromatic nitrogens is 1. The van der Waals surface area contributed by atoms with E-state index in [9.17, 15) is 4.79 Å². The molecule has 0 saturated heterocycles. The number of hydrogen-bond acceptors (Lipinski definition) is 6. The molecule has 8 heteroatoms. The van der Waals surface area contributed by atoms with E-state index in [0.29, 0.717) is 12.2 Å². The van der Waals surface area contributed by atoms with Gasteiger partial charge in [-0.25, -0.2) is 0 Å². The van der Waals surface area contributed by atoms with Gasteiger partial charge in [0.05, 0.1) is 6.04 Å². The first kappa shape index (κ1) is 15.0. The third kappa shape index (κ3) is 4.25. The molecule has 1 rings (SSSR count). The summed E-state index contributed by atoms with van der Waals surface area (Å²) in [7, 11) is 1.51. The van der Waals surface area contributed by atoms with Crippen molar-refractivity contribution >= 4 is 11.7 Å². The normalized spacial score (nSPS) is 13.3. The fourth-order valence-corrected chi connectivity index (χ4v) is 1.51. The first-order chi connectivity index (χ1) is 9.12. The zero-order chi connectivity index (χ0) is 14.3. The number of nitrogens with zero attached hydrogens (tertiary/aromatic N) is 2. The molecule has 1 aromatic heterocycles. The minimum Gasteiger partial charge on any atom is -0.409 e. The number of carbonyl (C=O) groups excluding carboxylic acids is 1. The third-order valence-corrected chi connectivity index (χ3v) is 2.43. The van der Waals surface area contributed by atoms with Crippen molar-refractivity contribution in [3.8, 4) is 0 Å². The summed E-state index contributed by atoms with van der Waals surface area (Å²) in [6.07, 6.45) is 1.33. The van der Waals surface area contributed by atoms with E-state index in [2.05, 4.69) is 15.6 Å².